The van der Waals surface area contributed by atoms with Crippen molar-refractivity contribution in [1.29, 1.82) is 0 Å². The van der Waals surface area contributed by atoms with Crippen molar-refractivity contribution in [3.8, 4) is 0 Å². The van der Waals surface area contributed by atoms with Gasteiger partial charge in [0.2, 0.25) is 0 Å². The molecule has 0 atom stereocenters. The van der Waals surface area contributed by atoms with Gasteiger partial charge in [0.1, 0.15) is 5.82 Å². The molecule has 0 aromatic heterocycles. The number of halogens is 1. The largest absolute Gasteiger partial charge is 0.397 e. The van der Waals surface area contributed by atoms with E-state index in [0.717, 1.165) is 19.3 Å². The van der Waals surface area contributed by atoms with Gasteiger partial charge >= 0.3 is 0 Å². The van der Waals surface area contributed by atoms with Gasteiger partial charge < -0.3 is 11.1 Å². The second-order valence-corrected chi connectivity index (χ2v) is 5.02. The molecule has 0 saturated carbocycles. The molecule has 0 unspecified atom stereocenters. The first-order chi connectivity index (χ1) is 9.63. The highest BCUT2D eigenvalue weighted by Gasteiger charge is 2.14. The first kappa shape index (κ1) is 12.7. The molecule has 2 aromatic carbocycles. The molecule has 2 aromatic rings. The number of carbonyl (C=O) groups is 1. The molecule has 1 amide bonds. The minimum Gasteiger partial charge on any atom is -0.397 e. The van der Waals surface area contributed by atoms with Crippen molar-refractivity contribution >= 4 is 17.3 Å². The van der Waals surface area contributed by atoms with Crippen LogP contribution in [0.5, 0.6) is 0 Å². The second kappa shape index (κ2) is 4.96. The van der Waals surface area contributed by atoms with Gasteiger partial charge in [0.25, 0.3) is 5.91 Å². The Morgan fingerprint density at radius 3 is 2.75 bits per heavy atom. The van der Waals surface area contributed by atoms with Crippen LogP contribution in [0, 0.1) is 5.82 Å². The molecule has 3 nitrogen and oxygen atoms in total. The first-order valence-electron chi connectivity index (χ1n) is 6.61. The molecule has 0 fully saturated rings. The maximum Gasteiger partial charge on any atom is 0.255 e. The van der Waals surface area contributed by atoms with E-state index in [9.17, 15) is 9.18 Å². The van der Waals surface area contributed by atoms with Crippen molar-refractivity contribution in [2.24, 2.45) is 0 Å². The Balaban J connectivity index is 1.84. The van der Waals surface area contributed by atoms with Gasteiger partial charge in [-0.15, -0.1) is 0 Å². The average molecular weight is 270 g/mol. The summed E-state index contributed by atoms with van der Waals surface area (Å²) in [6.45, 7) is 0. The van der Waals surface area contributed by atoms with Gasteiger partial charge in [-0.1, -0.05) is 6.07 Å². The van der Waals surface area contributed by atoms with Crippen molar-refractivity contribution in [1.82, 2.24) is 0 Å². The van der Waals surface area contributed by atoms with Gasteiger partial charge in [0.05, 0.1) is 11.4 Å². The van der Waals surface area contributed by atoms with Crippen LogP contribution in [0.3, 0.4) is 0 Å². The zero-order valence-corrected chi connectivity index (χ0v) is 10.9. The molecule has 0 saturated heterocycles. The molecule has 0 bridgehead atoms. The number of nitrogen functional groups attached to an aromatic ring is 1. The number of carbonyl (C=O) groups excluding carboxylic acids is 1. The van der Waals surface area contributed by atoms with Crippen LogP contribution in [0.1, 0.15) is 27.9 Å². The van der Waals surface area contributed by atoms with Crippen LogP contribution in [0.4, 0.5) is 15.8 Å². The maximum atomic E-state index is 13.2. The Hall–Kier alpha value is -2.36. The smallest absolute Gasteiger partial charge is 0.255 e. The number of nitrogens with one attached hydrogen (secondary N) is 1. The molecule has 0 radical (unpaired) electrons. The third kappa shape index (κ3) is 2.37. The summed E-state index contributed by atoms with van der Waals surface area (Å²) in [6.07, 6.45) is 3.23. The lowest BCUT2D eigenvalue weighted by atomic mass is 10.1. The fraction of sp³-hybridized carbons (Fsp3) is 0.188. The van der Waals surface area contributed by atoms with E-state index < -0.39 is 5.82 Å². The first-order valence-corrected chi connectivity index (χ1v) is 6.61. The topological polar surface area (TPSA) is 55.1 Å². The number of hydrogen-bond donors (Lipinski definition) is 2. The summed E-state index contributed by atoms with van der Waals surface area (Å²) in [7, 11) is 0. The summed E-state index contributed by atoms with van der Waals surface area (Å²) in [6, 6.07) is 9.63. The number of nitrogens with two attached hydrogens (primary N) is 1. The maximum absolute atomic E-state index is 13.2. The summed E-state index contributed by atoms with van der Waals surface area (Å²) in [4.78, 5) is 12.2. The lowest BCUT2D eigenvalue weighted by Gasteiger charge is -2.09. The van der Waals surface area contributed by atoms with Crippen molar-refractivity contribution in [3.05, 3.63) is 58.9 Å². The predicted octanol–water partition coefficient (Wildman–Crippen LogP) is 3.15. The number of aryl methyl sites for hydroxylation is 2. The zero-order valence-electron chi connectivity index (χ0n) is 10.9. The molecule has 1 aliphatic rings. The molecule has 0 aliphatic heterocycles. The summed E-state index contributed by atoms with van der Waals surface area (Å²) in [5.74, 6) is -0.694. The van der Waals surface area contributed by atoms with Crippen LogP contribution in [-0.4, -0.2) is 5.91 Å². The number of amides is 1. The van der Waals surface area contributed by atoms with Crippen LogP contribution in [0.2, 0.25) is 0 Å². The molecule has 3 N–H and O–H groups in total. The fourth-order valence-corrected chi connectivity index (χ4v) is 2.54. The third-order valence-corrected chi connectivity index (χ3v) is 3.62. The van der Waals surface area contributed by atoms with E-state index in [1.165, 1.54) is 29.3 Å². The summed E-state index contributed by atoms with van der Waals surface area (Å²) in [5.41, 5.74) is 9.49. The van der Waals surface area contributed by atoms with Crippen LogP contribution in [0.15, 0.2) is 36.4 Å². The Bertz CT molecular complexity index is 682. The van der Waals surface area contributed by atoms with Crippen LogP contribution < -0.4 is 11.1 Å². The number of fused-ring (bicyclic) bond motifs is 1. The Kier molecular flexibility index (Phi) is 3.14. The van der Waals surface area contributed by atoms with E-state index >= 15 is 0 Å². The molecule has 0 heterocycles. The normalized spacial score (nSPS) is 13.1. The average Bonchev–Trinajstić information content (AvgIpc) is 2.90. The van der Waals surface area contributed by atoms with E-state index in [1.54, 1.807) is 6.07 Å². The van der Waals surface area contributed by atoms with E-state index in [2.05, 4.69) is 5.32 Å². The third-order valence-electron chi connectivity index (χ3n) is 3.62. The molecule has 1 aliphatic carbocycles. The van der Waals surface area contributed by atoms with E-state index in [4.69, 9.17) is 5.73 Å². The van der Waals surface area contributed by atoms with Crippen molar-refractivity contribution in [3.63, 3.8) is 0 Å². The van der Waals surface area contributed by atoms with Gasteiger partial charge in [0.15, 0.2) is 0 Å². The van der Waals surface area contributed by atoms with E-state index in [1.807, 2.05) is 12.1 Å². The molecule has 102 valence electrons. The molecular formula is C16H15FN2O. The summed E-state index contributed by atoms with van der Waals surface area (Å²) < 4.78 is 13.2. The van der Waals surface area contributed by atoms with Gasteiger partial charge in [-0.3, -0.25) is 4.79 Å². The molecule has 4 heteroatoms. The Labute approximate surface area is 116 Å². The highest BCUT2D eigenvalue weighted by atomic mass is 19.1. The SMILES string of the molecule is Nc1ccc(F)cc1NC(=O)c1ccc2c(c1)CCC2. The number of anilines is 2. The molecule has 0 spiro atoms. The molecule has 3 rings (SSSR count). The summed E-state index contributed by atoms with van der Waals surface area (Å²) in [5, 5.41) is 2.65. The Morgan fingerprint density at radius 2 is 1.90 bits per heavy atom. The lowest BCUT2D eigenvalue weighted by molar-refractivity contribution is 0.102. The number of rotatable bonds is 2. The van der Waals surface area contributed by atoms with Crippen molar-refractivity contribution in [2.75, 3.05) is 11.1 Å². The van der Waals surface area contributed by atoms with Crippen LogP contribution in [-0.2, 0) is 12.8 Å². The molecular weight excluding hydrogens is 255 g/mol. The van der Waals surface area contributed by atoms with Gasteiger partial charge in [0, 0.05) is 5.56 Å². The highest BCUT2D eigenvalue weighted by Crippen LogP contribution is 2.24. The van der Waals surface area contributed by atoms with E-state index in [0.29, 0.717) is 16.9 Å². The van der Waals surface area contributed by atoms with Crippen LogP contribution >= 0.6 is 0 Å². The van der Waals surface area contributed by atoms with Gasteiger partial charge in [-0.2, -0.15) is 0 Å². The second-order valence-electron chi connectivity index (χ2n) is 5.02. The molecule has 20 heavy (non-hydrogen) atoms. The van der Waals surface area contributed by atoms with Crippen LogP contribution in [0.25, 0.3) is 0 Å². The van der Waals surface area contributed by atoms with Gasteiger partial charge in [-0.05, 0) is 60.7 Å². The minimum atomic E-state index is -0.427. The number of benzene rings is 2. The van der Waals surface area contributed by atoms with Crippen molar-refractivity contribution in [2.45, 2.75) is 19.3 Å². The van der Waals surface area contributed by atoms with Crippen molar-refractivity contribution < 1.29 is 9.18 Å². The zero-order chi connectivity index (χ0) is 14.1. The quantitative estimate of drug-likeness (QED) is 0.824. The van der Waals surface area contributed by atoms with E-state index in [-0.39, 0.29) is 5.91 Å². The Morgan fingerprint density at radius 1 is 1.10 bits per heavy atom. The predicted molar refractivity (Wildman–Crippen MR) is 77.2 cm³/mol. The number of hydrogen-bond acceptors (Lipinski definition) is 2. The minimum absolute atomic E-state index is 0.267. The highest BCUT2D eigenvalue weighted by molar-refractivity contribution is 6.05. The van der Waals surface area contributed by atoms with Gasteiger partial charge in [-0.25, -0.2) is 4.39 Å². The summed E-state index contributed by atoms with van der Waals surface area (Å²) >= 11 is 0. The monoisotopic (exact) mass is 270 g/mol. The standard InChI is InChI=1S/C16H15FN2O/c17-13-6-7-14(18)15(9-13)19-16(20)12-5-4-10-2-1-3-11(10)8-12/h4-9H,1-3,18H2,(H,19,20). The lowest BCUT2D eigenvalue weighted by Crippen LogP contribution is -2.13. The fourth-order valence-electron chi connectivity index (χ4n) is 2.54.